The molecule has 0 bridgehead atoms. The summed E-state index contributed by atoms with van der Waals surface area (Å²) < 4.78 is 5.58. The molecule has 2 rings (SSSR count). The number of hydrogen-bond acceptors (Lipinski definition) is 5. The quantitative estimate of drug-likeness (QED) is 0.874. The van der Waals surface area contributed by atoms with Gasteiger partial charge in [0.15, 0.2) is 0 Å². The Morgan fingerprint density at radius 2 is 2.24 bits per heavy atom. The molecule has 0 radical (unpaired) electrons. The fourth-order valence-electron chi connectivity index (χ4n) is 2.49. The van der Waals surface area contributed by atoms with Crippen molar-refractivity contribution in [1.29, 1.82) is 0 Å². The molecular formula is C15H25N3O2S. The number of nitrogens with one attached hydrogen (secondary N) is 1. The molecule has 1 aromatic heterocycles. The fourth-order valence-corrected chi connectivity index (χ4v) is 3.19. The summed E-state index contributed by atoms with van der Waals surface area (Å²) in [5.74, 6) is 0.0246. The Bertz CT molecular complexity index is 454. The number of nitrogens with zero attached hydrogens (tertiary/aromatic N) is 2. The number of aryl methyl sites for hydroxylation is 1. The normalized spacial score (nSPS) is 17.3. The van der Waals surface area contributed by atoms with Crippen LogP contribution in [0.2, 0.25) is 0 Å². The van der Waals surface area contributed by atoms with Crippen LogP contribution in [0.4, 0.5) is 0 Å². The van der Waals surface area contributed by atoms with Crippen molar-refractivity contribution in [1.82, 2.24) is 15.2 Å². The summed E-state index contributed by atoms with van der Waals surface area (Å²) in [5, 5.41) is 3.13. The minimum Gasteiger partial charge on any atom is -0.377 e. The van der Waals surface area contributed by atoms with Crippen molar-refractivity contribution in [3.8, 4) is 0 Å². The number of carbonyl (C=O) groups excluding carboxylic acids is 1. The molecule has 1 aliphatic heterocycles. The topological polar surface area (TPSA) is 54.5 Å². The van der Waals surface area contributed by atoms with Gasteiger partial charge in [-0.3, -0.25) is 4.79 Å². The Balaban J connectivity index is 1.69. The maximum Gasteiger partial charge on any atom is 0.263 e. The van der Waals surface area contributed by atoms with Crippen LogP contribution < -0.4 is 5.32 Å². The molecule has 21 heavy (non-hydrogen) atoms. The highest BCUT2D eigenvalue weighted by Crippen LogP contribution is 2.15. The molecule has 1 amide bonds. The number of piperidine rings is 1. The highest BCUT2D eigenvalue weighted by molar-refractivity contribution is 7.11. The molecule has 0 unspecified atom stereocenters. The third kappa shape index (κ3) is 5.05. The first-order valence-electron chi connectivity index (χ1n) is 7.61. The van der Waals surface area contributed by atoms with Crippen LogP contribution in [-0.2, 0) is 4.74 Å². The summed E-state index contributed by atoms with van der Waals surface area (Å²) >= 11 is 1.41. The van der Waals surface area contributed by atoms with Crippen LogP contribution in [0.5, 0.6) is 0 Å². The van der Waals surface area contributed by atoms with Crippen molar-refractivity contribution in [2.24, 2.45) is 0 Å². The number of carbonyl (C=O) groups is 1. The second-order valence-electron chi connectivity index (χ2n) is 5.78. The van der Waals surface area contributed by atoms with Crippen LogP contribution in [0.15, 0.2) is 5.51 Å². The monoisotopic (exact) mass is 311 g/mol. The lowest BCUT2D eigenvalue weighted by molar-refractivity contribution is 0.0521. The third-order valence-electron chi connectivity index (χ3n) is 3.73. The van der Waals surface area contributed by atoms with E-state index >= 15 is 0 Å². The van der Waals surface area contributed by atoms with Gasteiger partial charge in [-0.05, 0) is 33.6 Å². The average Bonchev–Trinajstić information content (AvgIpc) is 2.87. The van der Waals surface area contributed by atoms with E-state index in [1.165, 1.54) is 11.3 Å². The van der Waals surface area contributed by atoms with Gasteiger partial charge in [-0.15, -0.1) is 11.3 Å². The molecule has 0 saturated carbocycles. The van der Waals surface area contributed by atoms with Crippen molar-refractivity contribution in [3.05, 3.63) is 16.1 Å². The minimum absolute atomic E-state index is 0.0246. The standard InChI is InChI=1S/C15H25N3O2S/c1-11(2)20-9-8-18-6-4-13(5-7-18)17-15(19)14-12(3)16-10-21-14/h10-11,13H,4-9H2,1-3H3,(H,17,19). The molecule has 0 atom stereocenters. The number of thiazole rings is 1. The Morgan fingerprint density at radius 1 is 1.52 bits per heavy atom. The zero-order chi connectivity index (χ0) is 15.2. The Morgan fingerprint density at radius 3 is 2.81 bits per heavy atom. The molecule has 6 heteroatoms. The largest absolute Gasteiger partial charge is 0.377 e. The summed E-state index contributed by atoms with van der Waals surface area (Å²) in [6.07, 6.45) is 2.31. The first-order chi connectivity index (χ1) is 10.1. The zero-order valence-electron chi connectivity index (χ0n) is 13.1. The van der Waals surface area contributed by atoms with Crippen molar-refractivity contribution in [3.63, 3.8) is 0 Å². The molecule has 1 saturated heterocycles. The fraction of sp³-hybridized carbons (Fsp3) is 0.733. The van der Waals surface area contributed by atoms with Gasteiger partial charge < -0.3 is 15.0 Å². The molecule has 1 fully saturated rings. The van der Waals surface area contributed by atoms with Gasteiger partial charge >= 0.3 is 0 Å². The van der Waals surface area contributed by atoms with Crippen molar-refractivity contribution in [2.45, 2.75) is 45.8 Å². The van der Waals surface area contributed by atoms with Crippen molar-refractivity contribution in [2.75, 3.05) is 26.2 Å². The van der Waals surface area contributed by atoms with Crippen LogP contribution in [0.1, 0.15) is 42.1 Å². The van der Waals surface area contributed by atoms with Gasteiger partial charge in [-0.2, -0.15) is 0 Å². The van der Waals surface area contributed by atoms with Gasteiger partial charge in [0.05, 0.1) is 23.9 Å². The van der Waals surface area contributed by atoms with E-state index in [0.717, 1.165) is 49.7 Å². The minimum atomic E-state index is 0.0246. The number of rotatable bonds is 6. The van der Waals surface area contributed by atoms with Crippen LogP contribution in [0, 0.1) is 6.92 Å². The van der Waals surface area contributed by atoms with Crippen LogP contribution in [0.3, 0.4) is 0 Å². The van der Waals surface area contributed by atoms with E-state index in [1.807, 2.05) is 6.92 Å². The summed E-state index contributed by atoms with van der Waals surface area (Å²) in [6, 6.07) is 0.279. The molecule has 5 nitrogen and oxygen atoms in total. The number of ether oxygens (including phenoxy) is 1. The van der Waals surface area contributed by atoms with Gasteiger partial charge in [0, 0.05) is 25.7 Å². The highest BCUT2D eigenvalue weighted by Gasteiger charge is 2.22. The predicted molar refractivity (Wildman–Crippen MR) is 84.9 cm³/mol. The summed E-state index contributed by atoms with van der Waals surface area (Å²) in [4.78, 5) is 19.4. The summed E-state index contributed by atoms with van der Waals surface area (Å²) in [6.45, 7) is 9.80. The Hall–Kier alpha value is -0.980. The lowest BCUT2D eigenvalue weighted by Gasteiger charge is -2.32. The maximum absolute atomic E-state index is 12.1. The zero-order valence-corrected chi connectivity index (χ0v) is 13.9. The van der Waals surface area contributed by atoms with E-state index in [4.69, 9.17) is 4.74 Å². The van der Waals surface area contributed by atoms with E-state index in [0.29, 0.717) is 6.10 Å². The molecule has 2 heterocycles. The average molecular weight is 311 g/mol. The molecule has 0 spiro atoms. The molecule has 1 N–H and O–H groups in total. The first kappa shape index (κ1) is 16.4. The van der Waals surface area contributed by atoms with Gasteiger partial charge in [0.1, 0.15) is 4.88 Å². The van der Waals surface area contributed by atoms with Crippen molar-refractivity contribution >= 4 is 17.2 Å². The number of aromatic nitrogens is 1. The Labute approximate surface area is 130 Å². The summed E-state index contributed by atoms with van der Waals surface area (Å²) in [5.41, 5.74) is 2.54. The van der Waals surface area contributed by atoms with E-state index in [-0.39, 0.29) is 11.9 Å². The van der Waals surface area contributed by atoms with Crippen LogP contribution in [0.25, 0.3) is 0 Å². The van der Waals surface area contributed by atoms with Crippen molar-refractivity contribution < 1.29 is 9.53 Å². The highest BCUT2D eigenvalue weighted by atomic mass is 32.1. The predicted octanol–water partition coefficient (Wildman–Crippen LogP) is 2.07. The SMILES string of the molecule is Cc1ncsc1C(=O)NC1CCN(CCOC(C)C)CC1. The molecule has 0 aromatic carbocycles. The van der Waals surface area contributed by atoms with E-state index in [2.05, 4.69) is 29.0 Å². The lowest BCUT2D eigenvalue weighted by atomic mass is 10.0. The third-order valence-corrected chi connectivity index (χ3v) is 4.66. The smallest absolute Gasteiger partial charge is 0.263 e. The lowest BCUT2D eigenvalue weighted by Crippen LogP contribution is -2.45. The first-order valence-corrected chi connectivity index (χ1v) is 8.49. The second-order valence-corrected chi connectivity index (χ2v) is 6.63. The molecule has 0 aliphatic carbocycles. The number of amides is 1. The van der Waals surface area contributed by atoms with Crippen LogP contribution >= 0.6 is 11.3 Å². The number of hydrogen-bond donors (Lipinski definition) is 1. The van der Waals surface area contributed by atoms with E-state index < -0.39 is 0 Å². The number of likely N-dealkylation sites (tertiary alicyclic amines) is 1. The van der Waals surface area contributed by atoms with Crippen LogP contribution in [-0.4, -0.2) is 54.2 Å². The second kappa shape index (κ2) is 7.87. The molecule has 118 valence electrons. The Kier molecular flexibility index (Phi) is 6.14. The van der Waals surface area contributed by atoms with Gasteiger partial charge in [0.2, 0.25) is 0 Å². The summed E-state index contributed by atoms with van der Waals surface area (Å²) in [7, 11) is 0. The molecule has 1 aliphatic rings. The van der Waals surface area contributed by atoms with E-state index in [1.54, 1.807) is 5.51 Å². The van der Waals surface area contributed by atoms with Gasteiger partial charge in [0.25, 0.3) is 5.91 Å². The molecular weight excluding hydrogens is 286 g/mol. The molecule has 1 aromatic rings. The van der Waals surface area contributed by atoms with Gasteiger partial charge in [-0.1, -0.05) is 0 Å². The van der Waals surface area contributed by atoms with E-state index in [9.17, 15) is 4.79 Å². The maximum atomic E-state index is 12.1. The van der Waals surface area contributed by atoms with Gasteiger partial charge in [-0.25, -0.2) is 4.98 Å².